The largest absolute Gasteiger partial charge is 0.481 e. The molecule has 2 aromatic heterocycles. The van der Waals surface area contributed by atoms with E-state index < -0.39 is 5.97 Å². The van der Waals surface area contributed by atoms with Crippen molar-refractivity contribution in [3.8, 4) is 22.9 Å². The van der Waals surface area contributed by atoms with Gasteiger partial charge >= 0.3 is 5.97 Å². The summed E-state index contributed by atoms with van der Waals surface area (Å²) >= 11 is 12.6. The van der Waals surface area contributed by atoms with Crippen molar-refractivity contribution < 1.29 is 14.6 Å². The Labute approximate surface area is 245 Å². The number of rotatable bonds is 8. The monoisotopic (exact) mass is 583 g/mol. The minimum absolute atomic E-state index is 0.235. The average Bonchev–Trinajstić information content (AvgIpc) is 2.90. The van der Waals surface area contributed by atoms with Gasteiger partial charge in [0, 0.05) is 60.8 Å². The Morgan fingerprint density at radius 3 is 2.33 bits per heavy atom. The summed E-state index contributed by atoms with van der Waals surface area (Å²) in [5.74, 6) is 1.60. The lowest BCUT2D eigenvalue weighted by atomic mass is 9.93. The van der Waals surface area contributed by atoms with Crippen LogP contribution in [0.15, 0.2) is 42.5 Å². The topological polar surface area (TPSA) is 82.0 Å². The van der Waals surface area contributed by atoms with Gasteiger partial charge in [0.25, 0.3) is 0 Å². The highest BCUT2D eigenvalue weighted by Gasteiger charge is 2.22. The zero-order chi connectivity index (χ0) is 28.2. The third-order valence-electron chi connectivity index (χ3n) is 7.66. The van der Waals surface area contributed by atoms with E-state index in [0.29, 0.717) is 28.2 Å². The lowest BCUT2D eigenvalue weighted by Gasteiger charge is -2.33. The van der Waals surface area contributed by atoms with Gasteiger partial charge in [-0.2, -0.15) is 0 Å². The van der Waals surface area contributed by atoms with Crippen molar-refractivity contribution >= 4 is 35.0 Å². The van der Waals surface area contributed by atoms with Gasteiger partial charge in [-0.15, -0.1) is 0 Å². The number of likely N-dealkylation sites (tertiary alicyclic amines) is 1. The second kappa shape index (κ2) is 12.7. The molecule has 0 unspecified atom stereocenters. The average molecular weight is 585 g/mol. The summed E-state index contributed by atoms with van der Waals surface area (Å²) in [6.07, 6.45) is 1.99. The van der Waals surface area contributed by atoms with Crippen LogP contribution >= 0.6 is 23.2 Å². The minimum atomic E-state index is -0.722. The number of carboxylic acids is 1. The number of piperidine rings is 1. The first kappa shape index (κ1) is 28.6. The molecule has 40 heavy (non-hydrogen) atoms. The van der Waals surface area contributed by atoms with E-state index in [4.69, 9.17) is 43.0 Å². The molecule has 2 saturated heterocycles. The normalized spacial score (nSPS) is 17.2. The van der Waals surface area contributed by atoms with E-state index in [1.807, 2.05) is 43.3 Å². The second-order valence-electron chi connectivity index (χ2n) is 10.8. The second-order valence-corrected chi connectivity index (χ2v) is 11.7. The van der Waals surface area contributed by atoms with E-state index in [1.165, 1.54) is 0 Å². The maximum absolute atomic E-state index is 11.1. The lowest BCUT2D eigenvalue weighted by molar-refractivity contribution is -0.138. The Balaban J connectivity index is 1.38. The Bertz CT molecular complexity index is 1330. The van der Waals surface area contributed by atoms with Gasteiger partial charge in [0.2, 0.25) is 5.88 Å². The Morgan fingerprint density at radius 1 is 0.975 bits per heavy atom. The lowest BCUT2D eigenvalue weighted by Crippen LogP contribution is -2.44. The number of carbonyl (C=O) groups is 1. The van der Waals surface area contributed by atoms with Crippen molar-refractivity contribution in [2.75, 3.05) is 51.2 Å². The molecule has 5 rings (SSSR count). The summed E-state index contributed by atoms with van der Waals surface area (Å²) in [6, 6.07) is 13.4. The number of likely N-dealkylation sites (N-methyl/N-ethyl adjacent to an activating group) is 1. The SMILES string of the molecule is Cc1nc(N2CCN(C)CC2)ccc1Oc1cc(CN2CCC(CC(=O)O)CC2)cc(-c2cc(Cl)cc(Cl)c2)n1. The maximum Gasteiger partial charge on any atom is 0.303 e. The van der Waals surface area contributed by atoms with Crippen LogP contribution in [0.1, 0.15) is 30.5 Å². The molecule has 10 heteroatoms. The van der Waals surface area contributed by atoms with Crippen LogP contribution in [-0.2, 0) is 11.3 Å². The molecular weight excluding hydrogens is 549 g/mol. The van der Waals surface area contributed by atoms with Gasteiger partial charge in [0.05, 0.1) is 11.4 Å². The molecule has 2 aliphatic heterocycles. The molecule has 0 radical (unpaired) electrons. The Morgan fingerprint density at radius 2 is 1.68 bits per heavy atom. The number of nitrogens with zero attached hydrogens (tertiary/aromatic N) is 5. The molecule has 0 saturated carbocycles. The summed E-state index contributed by atoms with van der Waals surface area (Å²) in [5, 5.41) is 10.2. The van der Waals surface area contributed by atoms with Crippen molar-refractivity contribution in [3.05, 3.63) is 63.8 Å². The molecular formula is C30H35Cl2N5O3. The van der Waals surface area contributed by atoms with Crippen molar-refractivity contribution in [1.29, 1.82) is 0 Å². The van der Waals surface area contributed by atoms with Gasteiger partial charge in [0.1, 0.15) is 5.82 Å². The van der Waals surface area contributed by atoms with Gasteiger partial charge in [-0.25, -0.2) is 9.97 Å². The third-order valence-corrected chi connectivity index (χ3v) is 8.10. The highest BCUT2D eigenvalue weighted by molar-refractivity contribution is 6.35. The number of hydrogen-bond donors (Lipinski definition) is 1. The van der Waals surface area contributed by atoms with Gasteiger partial charge in [-0.3, -0.25) is 9.69 Å². The number of pyridine rings is 2. The van der Waals surface area contributed by atoms with Crippen LogP contribution in [0.2, 0.25) is 10.0 Å². The van der Waals surface area contributed by atoms with Gasteiger partial charge in [-0.05, 0) is 87.8 Å². The first-order valence-corrected chi connectivity index (χ1v) is 14.5. The van der Waals surface area contributed by atoms with E-state index >= 15 is 0 Å². The van der Waals surface area contributed by atoms with Gasteiger partial charge in [0.15, 0.2) is 5.75 Å². The molecule has 1 N–H and O–H groups in total. The number of aliphatic carboxylic acids is 1. The van der Waals surface area contributed by atoms with E-state index in [9.17, 15) is 4.79 Å². The molecule has 0 bridgehead atoms. The number of hydrogen-bond acceptors (Lipinski definition) is 7. The number of halogens is 2. The molecule has 212 valence electrons. The third kappa shape index (κ3) is 7.43. The first-order chi connectivity index (χ1) is 19.2. The van der Waals surface area contributed by atoms with Crippen LogP contribution in [0.25, 0.3) is 11.3 Å². The number of aryl methyl sites for hydroxylation is 1. The molecule has 1 aromatic carbocycles. The van der Waals surface area contributed by atoms with Crippen LogP contribution in [0.3, 0.4) is 0 Å². The fourth-order valence-electron chi connectivity index (χ4n) is 5.37. The number of carboxylic acid groups (broad SMARTS) is 1. The standard InChI is InChI=1S/C30H35Cl2N5O3/c1-20-27(3-4-28(33-20)37-11-9-35(2)10-12-37)40-29-14-22(19-36-7-5-21(6-8-36)15-30(38)39)13-26(34-29)23-16-24(31)18-25(32)17-23/h3-4,13-14,16-18,21H,5-12,15,19H2,1-2H3,(H,38,39). The van der Waals surface area contributed by atoms with Crippen LogP contribution in [0.4, 0.5) is 5.82 Å². The van der Waals surface area contributed by atoms with Crippen LogP contribution in [0, 0.1) is 12.8 Å². The van der Waals surface area contributed by atoms with Crippen molar-refractivity contribution in [3.63, 3.8) is 0 Å². The number of ether oxygens (including phenoxy) is 1. The van der Waals surface area contributed by atoms with Crippen LogP contribution in [-0.4, -0.2) is 77.2 Å². The van der Waals surface area contributed by atoms with Crippen molar-refractivity contribution in [2.24, 2.45) is 5.92 Å². The fourth-order valence-corrected chi connectivity index (χ4v) is 5.90. The summed E-state index contributed by atoms with van der Waals surface area (Å²) < 4.78 is 6.33. The zero-order valence-corrected chi connectivity index (χ0v) is 24.5. The molecule has 0 aliphatic carbocycles. The predicted molar refractivity (Wildman–Crippen MR) is 159 cm³/mol. The predicted octanol–water partition coefficient (Wildman–Crippen LogP) is 5.99. The van der Waals surface area contributed by atoms with Crippen molar-refractivity contribution in [1.82, 2.24) is 19.8 Å². The van der Waals surface area contributed by atoms with Gasteiger partial charge < -0.3 is 19.6 Å². The van der Waals surface area contributed by atoms with Crippen molar-refractivity contribution in [2.45, 2.75) is 32.7 Å². The number of anilines is 1. The van der Waals surface area contributed by atoms with E-state index in [-0.39, 0.29) is 12.3 Å². The highest BCUT2D eigenvalue weighted by Crippen LogP contribution is 2.32. The summed E-state index contributed by atoms with van der Waals surface area (Å²) in [4.78, 5) is 27.7. The summed E-state index contributed by atoms with van der Waals surface area (Å²) in [6.45, 7) is 8.30. The minimum Gasteiger partial charge on any atom is -0.481 e. The molecule has 0 atom stereocenters. The number of piperazine rings is 1. The maximum atomic E-state index is 11.1. The molecule has 0 spiro atoms. The molecule has 0 amide bonds. The Hall–Kier alpha value is -2.91. The molecule has 2 fully saturated rings. The molecule has 3 aromatic rings. The summed E-state index contributed by atoms with van der Waals surface area (Å²) in [5.41, 5.74) is 3.38. The first-order valence-electron chi connectivity index (χ1n) is 13.7. The van der Waals surface area contributed by atoms with E-state index in [0.717, 1.165) is 80.4 Å². The van der Waals surface area contributed by atoms with E-state index in [2.05, 4.69) is 21.7 Å². The molecule has 2 aliphatic rings. The quantitative estimate of drug-likeness (QED) is 0.346. The van der Waals surface area contributed by atoms with Crippen LogP contribution < -0.4 is 9.64 Å². The number of benzene rings is 1. The van der Waals surface area contributed by atoms with Crippen LogP contribution in [0.5, 0.6) is 11.6 Å². The van der Waals surface area contributed by atoms with Gasteiger partial charge in [-0.1, -0.05) is 23.2 Å². The Kier molecular flexibility index (Phi) is 9.10. The zero-order valence-electron chi connectivity index (χ0n) is 22.9. The fraction of sp³-hybridized carbons (Fsp3) is 0.433. The number of aromatic nitrogens is 2. The summed E-state index contributed by atoms with van der Waals surface area (Å²) in [7, 11) is 2.14. The molecule has 4 heterocycles. The molecule has 8 nitrogen and oxygen atoms in total. The highest BCUT2D eigenvalue weighted by atomic mass is 35.5. The smallest absolute Gasteiger partial charge is 0.303 e. The van der Waals surface area contributed by atoms with E-state index in [1.54, 1.807) is 6.07 Å².